The molecule has 176 valence electrons. The fourth-order valence-corrected chi connectivity index (χ4v) is 3.08. The molecular formula is C25H22Cl2N2O5. The molecule has 0 saturated carbocycles. The molecule has 0 spiro atoms. The molecule has 0 atom stereocenters. The average molecular weight is 501 g/mol. The van der Waals surface area contributed by atoms with Crippen molar-refractivity contribution >= 4 is 41.3 Å². The molecule has 0 heterocycles. The number of esters is 1. The normalized spacial score (nSPS) is 10.7. The monoisotopic (exact) mass is 500 g/mol. The lowest BCUT2D eigenvalue weighted by atomic mass is 10.2. The molecule has 7 nitrogen and oxygen atoms in total. The molecule has 9 heteroatoms. The molecule has 34 heavy (non-hydrogen) atoms. The quantitative estimate of drug-likeness (QED) is 0.174. The van der Waals surface area contributed by atoms with Gasteiger partial charge in [0.05, 0.1) is 35.5 Å². The fourth-order valence-electron chi connectivity index (χ4n) is 2.78. The highest BCUT2D eigenvalue weighted by molar-refractivity contribution is 6.42. The van der Waals surface area contributed by atoms with Gasteiger partial charge in [0.2, 0.25) is 0 Å². The van der Waals surface area contributed by atoms with Crippen molar-refractivity contribution in [1.29, 1.82) is 0 Å². The first-order valence-electron chi connectivity index (χ1n) is 10.3. The van der Waals surface area contributed by atoms with Crippen LogP contribution in [0.3, 0.4) is 0 Å². The van der Waals surface area contributed by atoms with E-state index in [1.54, 1.807) is 42.5 Å². The molecule has 0 radical (unpaired) electrons. The molecule has 0 aliphatic heterocycles. The number of amides is 1. The van der Waals surface area contributed by atoms with Gasteiger partial charge in [0.1, 0.15) is 5.75 Å². The minimum Gasteiger partial charge on any atom is -0.494 e. The highest BCUT2D eigenvalue weighted by Crippen LogP contribution is 2.29. The second-order valence-electron chi connectivity index (χ2n) is 7.00. The Balaban J connectivity index is 1.62. The van der Waals surface area contributed by atoms with Crippen LogP contribution in [0.5, 0.6) is 17.2 Å². The number of hydrogen-bond acceptors (Lipinski definition) is 6. The minimum absolute atomic E-state index is 0.213. The van der Waals surface area contributed by atoms with Crippen molar-refractivity contribution in [2.75, 3.05) is 13.7 Å². The van der Waals surface area contributed by atoms with Crippen molar-refractivity contribution in [2.45, 2.75) is 13.3 Å². The lowest BCUT2D eigenvalue weighted by Crippen LogP contribution is -2.17. The minimum atomic E-state index is -0.614. The van der Waals surface area contributed by atoms with E-state index in [9.17, 15) is 9.59 Å². The van der Waals surface area contributed by atoms with E-state index in [0.29, 0.717) is 34.3 Å². The van der Waals surface area contributed by atoms with Gasteiger partial charge in [-0.15, -0.1) is 0 Å². The summed E-state index contributed by atoms with van der Waals surface area (Å²) in [5.41, 5.74) is 3.78. The Morgan fingerprint density at radius 2 is 1.68 bits per heavy atom. The molecule has 0 aliphatic rings. The van der Waals surface area contributed by atoms with E-state index in [2.05, 4.69) is 10.5 Å². The summed E-state index contributed by atoms with van der Waals surface area (Å²) in [6.07, 6.45) is 2.35. The maximum atomic E-state index is 12.4. The van der Waals surface area contributed by atoms with Crippen molar-refractivity contribution in [3.63, 3.8) is 0 Å². The zero-order valence-electron chi connectivity index (χ0n) is 18.5. The summed E-state index contributed by atoms with van der Waals surface area (Å²) in [5, 5.41) is 4.56. The van der Waals surface area contributed by atoms with Crippen LogP contribution < -0.4 is 19.6 Å². The number of methoxy groups -OCH3 is 1. The van der Waals surface area contributed by atoms with Gasteiger partial charge in [0, 0.05) is 5.56 Å². The maximum Gasteiger partial charge on any atom is 0.343 e. The zero-order valence-corrected chi connectivity index (χ0v) is 20.0. The molecule has 1 N–H and O–H groups in total. The third kappa shape index (κ3) is 6.73. The highest BCUT2D eigenvalue weighted by atomic mass is 35.5. The Morgan fingerprint density at radius 3 is 2.35 bits per heavy atom. The Labute approximate surface area is 207 Å². The number of nitrogens with one attached hydrogen (secondary N) is 1. The van der Waals surface area contributed by atoms with Crippen molar-refractivity contribution in [3.8, 4) is 17.2 Å². The van der Waals surface area contributed by atoms with Crippen LogP contribution in [0, 0.1) is 0 Å². The molecule has 0 unspecified atom stereocenters. The number of carbonyl (C=O) groups is 2. The van der Waals surface area contributed by atoms with Crippen molar-refractivity contribution < 1.29 is 23.8 Å². The summed E-state index contributed by atoms with van der Waals surface area (Å²) >= 11 is 11.8. The molecular weight excluding hydrogens is 479 g/mol. The molecule has 3 aromatic rings. The van der Waals surface area contributed by atoms with Gasteiger partial charge < -0.3 is 14.2 Å². The van der Waals surface area contributed by atoms with Gasteiger partial charge in [0.15, 0.2) is 11.5 Å². The van der Waals surface area contributed by atoms with Gasteiger partial charge in [-0.2, -0.15) is 5.10 Å². The van der Waals surface area contributed by atoms with Gasteiger partial charge in [0.25, 0.3) is 5.91 Å². The number of halogens is 2. The number of hydrazone groups is 1. The number of benzene rings is 3. The Hall–Kier alpha value is -3.55. The number of hydrogen-bond donors (Lipinski definition) is 1. The van der Waals surface area contributed by atoms with E-state index >= 15 is 0 Å². The molecule has 0 bridgehead atoms. The number of ether oxygens (including phenoxy) is 3. The van der Waals surface area contributed by atoms with Crippen LogP contribution in [0.1, 0.15) is 39.6 Å². The van der Waals surface area contributed by atoms with Crippen molar-refractivity contribution in [3.05, 3.63) is 87.4 Å². The standard InChI is InChI=1S/C25H22Cl2N2O5/c1-3-12-33-19-8-5-17(6-9-19)24(30)29-28-15-16-4-11-22(23(13-16)32-2)34-25(31)18-7-10-20(26)21(27)14-18/h4-11,13-15H,3,12H2,1-2H3,(H,29,30)/b28-15-. The summed E-state index contributed by atoms with van der Waals surface area (Å²) < 4.78 is 16.2. The van der Waals surface area contributed by atoms with Gasteiger partial charge >= 0.3 is 5.97 Å². The highest BCUT2D eigenvalue weighted by Gasteiger charge is 2.14. The van der Waals surface area contributed by atoms with Gasteiger partial charge in [-0.1, -0.05) is 30.1 Å². The van der Waals surface area contributed by atoms with Crippen LogP contribution in [-0.2, 0) is 0 Å². The molecule has 0 saturated heterocycles. The van der Waals surface area contributed by atoms with Crippen molar-refractivity contribution in [1.82, 2.24) is 5.43 Å². The van der Waals surface area contributed by atoms with E-state index in [4.69, 9.17) is 37.4 Å². The van der Waals surface area contributed by atoms with Gasteiger partial charge in [-0.05, 0) is 72.6 Å². The lowest BCUT2D eigenvalue weighted by molar-refractivity contribution is 0.0729. The first-order chi connectivity index (χ1) is 16.4. The first-order valence-corrected chi connectivity index (χ1v) is 11.1. The van der Waals surface area contributed by atoms with Gasteiger partial charge in [-0.25, -0.2) is 10.2 Å². The summed E-state index contributed by atoms with van der Waals surface area (Å²) in [7, 11) is 1.45. The van der Waals surface area contributed by atoms with Gasteiger partial charge in [-0.3, -0.25) is 4.79 Å². The van der Waals surface area contributed by atoms with Crippen LogP contribution in [-0.4, -0.2) is 31.8 Å². The van der Waals surface area contributed by atoms with Crippen LogP contribution in [0.2, 0.25) is 10.0 Å². The molecule has 3 aromatic carbocycles. The molecule has 1 amide bonds. The van der Waals surface area contributed by atoms with E-state index in [1.807, 2.05) is 6.92 Å². The smallest absolute Gasteiger partial charge is 0.343 e. The third-order valence-electron chi connectivity index (χ3n) is 4.51. The number of rotatable bonds is 9. The van der Waals surface area contributed by atoms with E-state index in [0.717, 1.165) is 6.42 Å². The Kier molecular flexibility index (Phi) is 8.90. The van der Waals surface area contributed by atoms with E-state index in [-0.39, 0.29) is 22.2 Å². The topological polar surface area (TPSA) is 86.2 Å². The summed E-state index contributed by atoms with van der Waals surface area (Å²) in [6, 6.07) is 16.1. The van der Waals surface area contributed by atoms with E-state index < -0.39 is 5.97 Å². The predicted octanol–water partition coefficient (Wildman–Crippen LogP) is 5.77. The lowest BCUT2D eigenvalue weighted by Gasteiger charge is -2.10. The number of nitrogens with zero attached hydrogens (tertiary/aromatic N) is 1. The van der Waals surface area contributed by atoms with Crippen molar-refractivity contribution in [2.24, 2.45) is 5.10 Å². The fraction of sp³-hybridized carbons (Fsp3) is 0.160. The van der Waals surface area contributed by atoms with Crippen LogP contribution >= 0.6 is 23.2 Å². The zero-order chi connectivity index (χ0) is 24.5. The van der Waals surface area contributed by atoms with Crippen LogP contribution in [0.25, 0.3) is 0 Å². The summed E-state index contributed by atoms with van der Waals surface area (Å²) in [4.78, 5) is 24.7. The molecule has 0 aromatic heterocycles. The Morgan fingerprint density at radius 1 is 0.941 bits per heavy atom. The molecule has 3 rings (SSSR count). The molecule has 0 fully saturated rings. The Bertz CT molecular complexity index is 1200. The molecule has 0 aliphatic carbocycles. The first kappa shape index (κ1) is 25.1. The average Bonchev–Trinajstić information content (AvgIpc) is 2.85. The van der Waals surface area contributed by atoms with E-state index in [1.165, 1.54) is 31.5 Å². The second kappa shape index (κ2) is 12.1. The largest absolute Gasteiger partial charge is 0.494 e. The second-order valence-corrected chi connectivity index (χ2v) is 7.82. The SMILES string of the molecule is CCCOc1ccc(C(=O)N/N=C\c2ccc(OC(=O)c3ccc(Cl)c(Cl)c3)c(OC)c2)cc1. The summed E-state index contributed by atoms with van der Waals surface area (Å²) in [5.74, 6) is 0.250. The van der Waals surface area contributed by atoms with Crippen LogP contribution in [0.4, 0.5) is 0 Å². The third-order valence-corrected chi connectivity index (χ3v) is 5.25. The predicted molar refractivity (Wildman–Crippen MR) is 132 cm³/mol. The summed E-state index contributed by atoms with van der Waals surface area (Å²) in [6.45, 7) is 2.64. The van der Waals surface area contributed by atoms with Crippen LogP contribution in [0.15, 0.2) is 65.8 Å². The number of carbonyl (C=O) groups excluding carboxylic acids is 2. The maximum absolute atomic E-state index is 12.4.